The van der Waals surface area contributed by atoms with Crippen LogP contribution in [0.1, 0.15) is 32.1 Å². The number of hydrogen-bond donors (Lipinski definition) is 1. The number of hydrogen-bond acceptors (Lipinski definition) is 4. The Hall–Kier alpha value is -1.46. The van der Waals surface area contributed by atoms with Crippen LogP contribution in [0.4, 0.5) is 4.39 Å². The van der Waals surface area contributed by atoms with Crippen molar-refractivity contribution in [3.63, 3.8) is 0 Å². The van der Waals surface area contributed by atoms with E-state index in [4.69, 9.17) is 9.52 Å². The topological polar surface area (TPSA) is 49.5 Å². The molecule has 4 nitrogen and oxygen atoms in total. The molecule has 2 aromatic rings. The van der Waals surface area contributed by atoms with Gasteiger partial charge in [-0.05, 0) is 31.5 Å². The van der Waals surface area contributed by atoms with Crippen LogP contribution >= 0.6 is 0 Å². The highest BCUT2D eigenvalue weighted by molar-refractivity contribution is 5.72. The molecule has 0 atom stereocenters. The molecule has 110 valence electrons. The fourth-order valence-electron chi connectivity index (χ4n) is 2.15. The zero-order valence-electron chi connectivity index (χ0n) is 11.8. The predicted molar refractivity (Wildman–Crippen MR) is 75.9 cm³/mol. The van der Waals surface area contributed by atoms with Gasteiger partial charge in [0, 0.05) is 19.2 Å². The Morgan fingerprint density at radius 3 is 2.85 bits per heavy atom. The molecule has 20 heavy (non-hydrogen) atoms. The van der Waals surface area contributed by atoms with Crippen molar-refractivity contribution in [3.05, 3.63) is 29.9 Å². The molecule has 0 aliphatic heterocycles. The van der Waals surface area contributed by atoms with Crippen LogP contribution in [-0.4, -0.2) is 34.7 Å². The minimum absolute atomic E-state index is 0.182. The van der Waals surface area contributed by atoms with Gasteiger partial charge in [-0.1, -0.05) is 13.3 Å². The molecule has 5 heteroatoms. The van der Waals surface area contributed by atoms with Crippen molar-refractivity contribution < 1.29 is 13.9 Å². The van der Waals surface area contributed by atoms with Gasteiger partial charge < -0.3 is 9.52 Å². The Balaban J connectivity index is 2.06. The number of nitrogens with zero attached hydrogens (tertiary/aromatic N) is 2. The first-order valence-corrected chi connectivity index (χ1v) is 7.11. The Kier molecular flexibility index (Phi) is 5.49. The van der Waals surface area contributed by atoms with Crippen LogP contribution in [0.15, 0.2) is 22.6 Å². The van der Waals surface area contributed by atoms with Crippen molar-refractivity contribution in [1.29, 1.82) is 0 Å². The van der Waals surface area contributed by atoms with Crippen LogP contribution in [0.25, 0.3) is 11.1 Å². The van der Waals surface area contributed by atoms with Crippen LogP contribution in [0.2, 0.25) is 0 Å². The van der Waals surface area contributed by atoms with E-state index in [1.807, 2.05) is 0 Å². The molecule has 0 spiro atoms. The van der Waals surface area contributed by atoms with Gasteiger partial charge in [0.25, 0.3) is 0 Å². The quantitative estimate of drug-likeness (QED) is 0.807. The summed E-state index contributed by atoms with van der Waals surface area (Å²) in [5, 5.41) is 8.94. The summed E-state index contributed by atoms with van der Waals surface area (Å²) in [4.78, 5) is 6.53. The lowest BCUT2D eigenvalue weighted by Crippen LogP contribution is -2.26. The summed E-state index contributed by atoms with van der Waals surface area (Å²) in [6.45, 7) is 4.68. The number of benzene rings is 1. The first kappa shape index (κ1) is 14.9. The van der Waals surface area contributed by atoms with E-state index >= 15 is 0 Å². The van der Waals surface area contributed by atoms with E-state index in [0.29, 0.717) is 23.5 Å². The first-order chi connectivity index (χ1) is 9.72. The SMILES string of the molecule is CCCCN(CCCO)Cc1nc2cc(F)ccc2o1. The number of aromatic nitrogens is 1. The van der Waals surface area contributed by atoms with Gasteiger partial charge in [-0.15, -0.1) is 0 Å². The second-order valence-corrected chi connectivity index (χ2v) is 4.93. The molecule has 1 aromatic heterocycles. The van der Waals surface area contributed by atoms with Gasteiger partial charge in [-0.2, -0.15) is 0 Å². The van der Waals surface area contributed by atoms with E-state index in [2.05, 4.69) is 16.8 Å². The van der Waals surface area contributed by atoms with Crippen molar-refractivity contribution in [2.24, 2.45) is 0 Å². The van der Waals surface area contributed by atoms with Gasteiger partial charge in [-0.3, -0.25) is 4.90 Å². The van der Waals surface area contributed by atoms with E-state index in [9.17, 15) is 4.39 Å². The second kappa shape index (κ2) is 7.36. The minimum Gasteiger partial charge on any atom is -0.439 e. The van der Waals surface area contributed by atoms with E-state index in [-0.39, 0.29) is 12.4 Å². The Bertz CT molecular complexity index is 534. The summed E-state index contributed by atoms with van der Waals surface area (Å²) in [5.74, 6) is 0.292. The van der Waals surface area contributed by atoms with Crippen LogP contribution in [-0.2, 0) is 6.54 Å². The van der Waals surface area contributed by atoms with Gasteiger partial charge in [0.2, 0.25) is 5.89 Å². The Morgan fingerprint density at radius 1 is 1.30 bits per heavy atom. The maximum atomic E-state index is 13.1. The zero-order chi connectivity index (χ0) is 14.4. The number of halogens is 1. The molecule has 1 N–H and O–H groups in total. The average Bonchev–Trinajstić information content (AvgIpc) is 2.83. The highest BCUT2D eigenvalue weighted by Gasteiger charge is 2.11. The van der Waals surface area contributed by atoms with Gasteiger partial charge in [0.1, 0.15) is 11.3 Å². The van der Waals surface area contributed by atoms with E-state index in [1.54, 1.807) is 6.07 Å². The standard InChI is InChI=1S/C15H21FN2O2/c1-2-3-7-18(8-4-9-19)11-15-17-13-10-12(16)5-6-14(13)20-15/h5-6,10,19H,2-4,7-9,11H2,1H3. The Labute approximate surface area is 118 Å². The summed E-state index contributed by atoms with van der Waals surface area (Å²) in [5.41, 5.74) is 1.16. The third-order valence-corrected chi connectivity index (χ3v) is 3.21. The van der Waals surface area contributed by atoms with Crippen LogP contribution in [0, 0.1) is 5.82 Å². The molecule has 1 heterocycles. The first-order valence-electron chi connectivity index (χ1n) is 7.11. The molecule has 2 rings (SSSR count). The molecular weight excluding hydrogens is 259 g/mol. The number of fused-ring (bicyclic) bond motifs is 1. The van der Waals surface area contributed by atoms with Gasteiger partial charge in [0.05, 0.1) is 6.54 Å². The summed E-state index contributed by atoms with van der Waals surface area (Å²) in [7, 11) is 0. The van der Waals surface area contributed by atoms with Crippen LogP contribution < -0.4 is 0 Å². The number of oxazole rings is 1. The maximum absolute atomic E-state index is 13.1. The molecule has 0 unspecified atom stereocenters. The smallest absolute Gasteiger partial charge is 0.209 e. The summed E-state index contributed by atoms with van der Waals surface area (Å²) in [6, 6.07) is 4.36. The third kappa shape index (κ3) is 4.02. The highest BCUT2D eigenvalue weighted by atomic mass is 19.1. The van der Waals surface area contributed by atoms with E-state index in [1.165, 1.54) is 12.1 Å². The van der Waals surface area contributed by atoms with Gasteiger partial charge in [-0.25, -0.2) is 9.37 Å². The van der Waals surface area contributed by atoms with Gasteiger partial charge in [0.15, 0.2) is 5.58 Å². The highest BCUT2D eigenvalue weighted by Crippen LogP contribution is 2.18. The molecule has 0 saturated heterocycles. The maximum Gasteiger partial charge on any atom is 0.209 e. The van der Waals surface area contributed by atoms with Gasteiger partial charge >= 0.3 is 0 Å². The summed E-state index contributed by atoms with van der Waals surface area (Å²) >= 11 is 0. The molecule has 0 saturated carbocycles. The number of unbranched alkanes of at least 4 members (excludes halogenated alkanes) is 1. The lowest BCUT2D eigenvalue weighted by atomic mass is 10.3. The van der Waals surface area contributed by atoms with Crippen molar-refractivity contribution in [3.8, 4) is 0 Å². The summed E-state index contributed by atoms with van der Waals surface area (Å²) in [6.07, 6.45) is 2.95. The van der Waals surface area contributed by atoms with Crippen LogP contribution in [0.5, 0.6) is 0 Å². The number of aliphatic hydroxyl groups excluding tert-OH is 1. The van der Waals surface area contributed by atoms with Crippen molar-refractivity contribution >= 4 is 11.1 Å². The molecule has 1 aromatic carbocycles. The molecule has 0 radical (unpaired) electrons. The minimum atomic E-state index is -0.305. The number of rotatable bonds is 8. The largest absolute Gasteiger partial charge is 0.439 e. The monoisotopic (exact) mass is 280 g/mol. The van der Waals surface area contributed by atoms with E-state index < -0.39 is 0 Å². The van der Waals surface area contributed by atoms with Crippen molar-refractivity contribution in [1.82, 2.24) is 9.88 Å². The lowest BCUT2D eigenvalue weighted by Gasteiger charge is -2.19. The fourth-order valence-corrected chi connectivity index (χ4v) is 2.15. The predicted octanol–water partition coefficient (Wildman–Crippen LogP) is 2.95. The fraction of sp³-hybridized carbons (Fsp3) is 0.533. The second-order valence-electron chi connectivity index (χ2n) is 4.93. The molecule has 0 aliphatic rings. The Morgan fingerprint density at radius 2 is 2.10 bits per heavy atom. The van der Waals surface area contributed by atoms with E-state index in [0.717, 1.165) is 32.4 Å². The molecule has 0 fully saturated rings. The zero-order valence-corrected chi connectivity index (χ0v) is 11.8. The molecule has 0 aliphatic carbocycles. The normalized spacial score (nSPS) is 11.6. The van der Waals surface area contributed by atoms with Crippen molar-refractivity contribution in [2.45, 2.75) is 32.7 Å². The number of aliphatic hydroxyl groups is 1. The van der Waals surface area contributed by atoms with Crippen LogP contribution in [0.3, 0.4) is 0 Å². The summed E-state index contributed by atoms with van der Waals surface area (Å²) < 4.78 is 18.8. The molecule has 0 amide bonds. The van der Waals surface area contributed by atoms with Crippen molar-refractivity contribution in [2.75, 3.05) is 19.7 Å². The molecular formula is C15H21FN2O2. The molecule has 0 bridgehead atoms. The lowest BCUT2D eigenvalue weighted by molar-refractivity contribution is 0.203. The third-order valence-electron chi connectivity index (χ3n) is 3.21. The average molecular weight is 280 g/mol.